The minimum absolute atomic E-state index is 0.0179. The standard InChI is InChI=1S/C28H24IN3O/c1-20(2)33-27-25-24(18-19-30-27)32(31-26(25)29)28(21-12-6-3-7-13-21,22-14-8-4-9-15-22)23-16-10-5-11-17-23/h3-20H,1-2H3. The summed E-state index contributed by atoms with van der Waals surface area (Å²) in [6.45, 7) is 4.03. The number of nitrogens with zero attached hydrogens (tertiary/aromatic N) is 3. The van der Waals surface area contributed by atoms with Crippen LogP contribution < -0.4 is 4.74 Å². The molecule has 5 aromatic rings. The van der Waals surface area contributed by atoms with E-state index in [0.717, 1.165) is 31.3 Å². The molecular formula is C28H24IN3O. The number of benzene rings is 3. The van der Waals surface area contributed by atoms with Crippen molar-refractivity contribution in [3.63, 3.8) is 0 Å². The molecule has 0 aliphatic carbocycles. The molecule has 5 rings (SSSR count). The zero-order chi connectivity index (χ0) is 22.8. The van der Waals surface area contributed by atoms with E-state index in [1.54, 1.807) is 6.20 Å². The van der Waals surface area contributed by atoms with Crippen molar-refractivity contribution in [2.75, 3.05) is 0 Å². The summed E-state index contributed by atoms with van der Waals surface area (Å²) in [5.74, 6) is 0.612. The van der Waals surface area contributed by atoms with Gasteiger partial charge in [0.25, 0.3) is 0 Å². The highest BCUT2D eigenvalue weighted by Crippen LogP contribution is 2.43. The molecule has 0 radical (unpaired) electrons. The van der Waals surface area contributed by atoms with E-state index in [4.69, 9.17) is 9.84 Å². The highest BCUT2D eigenvalue weighted by Gasteiger charge is 2.41. The summed E-state index contributed by atoms with van der Waals surface area (Å²) in [5, 5.41) is 6.07. The SMILES string of the molecule is CC(C)Oc1nccc2c1c(I)nn2C(c1ccccc1)(c1ccccc1)c1ccccc1. The summed E-state index contributed by atoms with van der Waals surface area (Å²) in [4.78, 5) is 4.54. The topological polar surface area (TPSA) is 39.9 Å². The molecule has 0 atom stereocenters. The molecule has 5 heteroatoms. The first-order valence-corrected chi connectivity index (χ1v) is 12.1. The molecular weight excluding hydrogens is 521 g/mol. The van der Waals surface area contributed by atoms with Crippen LogP contribution in [0.15, 0.2) is 103 Å². The quantitative estimate of drug-likeness (QED) is 0.177. The van der Waals surface area contributed by atoms with E-state index in [1.807, 2.05) is 38.1 Å². The predicted molar refractivity (Wildman–Crippen MR) is 141 cm³/mol. The first kappa shape index (κ1) is 21.6. The van der Waals surface area contributed by atoms with E-state index in [0.29, 0.717) is 5.88 Å². The minimum Gasteiger partial charge on any atom is -0.474 e. The molecule has 0 saturated heterocycles. The van der Waals surface area contributed by atoms with Crippen LogP contribution in [0.25, 0.3) is 10.9 Å². The highest BCUT2D eigenvalue weighted by molar-refractivity contribution is 14.1. The lowest BCUT2D eigenvalue weighted by molar-refractivity contribution is 0.236. The Kier molecular flexibility index (Phi) is 5.89. The van der Waals surface area contributed by atoms with Gasteiger partial charge in [-0.1, -0.05) is 91.0 Å². The van der Waals surface area contributed by atoms with Crippen LogP contribution in [0.2, 0.25) is 0 Å². The van der Waals surface area contributed by atoms with Crippen LogP contribution in [0.1, 0.15) is 30.5 Å². The third-order valence-electron chi connectivity index (χ3n) is 5.76. The Labute approximate surface area is 207 Å². The molecule has 0 N–H and O–H groups in total. The van der Waals surface area contributed by atoms with Gasteiger partial charge in [0.1, 0.15) is 9.24 Å². The van der Waals surface area contributed by atoms with Crippen molar-refractivity contribution < 1.29 is 4.74 Å². The van der Waals surface area contributed by atoms with Crippen molar-refractivity contribution in [2.24, 2.45) is 0 Å². The van der Waals surface area contributed by atoms with Crippen molar-refractivity contribution >= 4 is 33.5 Å². The van der Waals surface area contributed by atoms with Gasteiger partial charge in [-0.25, -0.2) is 9.67 Å². The van der Waals surface area contributed by atoms with Crippen molar-refractivity contribution in [2.45, 2.75) is 25.5 Å². The van der Waals surface area contributed by atoms with Crippen molar-refractivity contribution in [1.82, 2.24) is 14.8 Å². The van der Waals surface area contributed by atoms with Crippen molar-refractivity contribution in [3.8, 4) is 5.88 Å². The minimum atomic E-state index is -0.679. The van der Waals surface area contributed by atoms with E-state index in [-0.39, 0.29) is 6.10 Å². The van der Waals surface area contributed by atoms with Gasteiger partial charge in [0.2, 0.25) is 5.88 Å². The van der Waals surface area contributed by atoms with Crippen LogP contribution in [0.4, 0.5) is 0 Å². The van der Waals surface area contributed by atoms with Gasteiger partial charge in [0.15, 0.2) is 0 Å². The fourth-order valence-electron chi connectivity index (χ4n) is 4.47. The Morgan fingerprint density at radius 1 is 0.758 bits per heavy atom. The summed E-state index contributed by atoms with van der Waals surface area (Å²) in [5.41, 5.74) is 3.69. The molecule has 2 heterocycles. The van der Waals surface area contributed by atoms with Crippen LogP contribution in [-0.4, -0.2) is 20.9 Å². The Hall–Kier alpha value is -3.19. The Morgan fingerprint density at radius 3 is 1.70 bits per heavy atom. The summed E-state index contributed by atoms with van der Waals surface area (Å²) < 4.78 is 9.08. The molecule has 0 bridgehead atoms. The van der Waals surface area contributed by atoms with Gasteiger partial charge < -0.3 is 4.74 Å². The normalized spacial score (nSPS) is 11.8. The monoisotopic (exact) mass is 545 g/mol. The fourth-order valence-corrected chi connectivity index (χ4v) is 5.19. The number of ether oxygens (including phenoxy) is 1. The lowest BCUT2D eigenvalue weighted by Crippen LogP contribution is -2.38. The molecule has 0 amide bonds. The average molecular weight is 545 g/mol. The second-order valence-corrected chi connectivity index (χ2v) is 9.21. The molecule has 0 aliphatic heterocycles. The molecule has 164 valence electrons. The second kappa shape index (κ2) is 8.98. The highest BCUT2D eigenvalue weighted by atomic mass is 127. The summed E-state index contributed by atoms with van der Waals surface area (Å²) >= 11 is 2.30. The molecule has 3 aromatic carbocycles. The molecule has 0 saturated carbocycles. The number of hydrogen-bond acceptors (Lipinski definition) is 3. The van der Waals surface area contributed by atoms with Gasteiger partial charge in [-0.2, -0.15) is 5.10 Å². The first-order chi connectivity index (χ1) is 16.1. The van der Waals surface area contributed by atoms with E-state index in [2.05, 4.69) is 105 Å². The zero-order valence-electron chi connectivity index (χ0n) is 18.5. The van der Waals surface area contributed by atoms with Gasteiger partial charge >= 0.3 is 0 Å². The van der Waals surface area contributed by atoms with E-state index >= 15 is 0 Å². The Bertz CT molecular complexity index is 1270. The third kappa shape index (κ3) is 3.70. The molecule has 0 spiro atoms. The van der Waals surface area contributed by atoms with Crippen LogP contribution in [0.5, 0.6) is 5.88 Å². The van der Waals surface area contributed by atoms with Gasteiger partial charge in [0, 0.05) is 6.20 Å². The zero-order valence-corrected chi connectivity index (χ0v) is 20.7. The lowest BCUT2D eigenvalue weighted by atomic mass is 9.77. The van der Waals surface area contributed by atoms with Crippen LogP contribution in [0, 0.1) is 3.70 Å². The number of aromatic nitrogens is 3. The first-order valence-electron chi connectivity index (χ1n) is 11.0. The number of pyridine rings is 1. The van der Waals surface area contributed by atoms with E-state index in [1.165, 1.54) is 0 Å². The molecule has 33 heavy (non-hydrogen) atoms. The third-order valence-corrected chi connectivity index (χ3v) is 6.51. The van der Waals surface area contributed by atoms with Crippen molar-refractivity contribution in [3.05, 3.63) is 124 Å². The maximum absolute atomic E-state index is 6.08. The maximum atomic E-state index is 6.08. The number of hydrogen-bond donors (Lipinski definition) is 0. The number of fused-ring (bicyclic) bond motifs is 1. The Balaban J connectivity index is 1.94. The Morgan fingerprint density at radius 2 is 1.24 bits per heavy atom. The largest absolute Gasteiger partial charge is 0.474 e. The van der Waals surface area contributed by atoms with Gasteiger partial charge in [-0.15, -0.1) is 0 Å². The van der Waals surface area contributed by atoms with Crippen LogP contribution in [-0.2, 0) is 5.54 Å². The maximum Gasteiger partial charge on any atom is 0.225 e. The van der Waals surface area contributed by atoms with Gasteiger partial charge in [-0.05, 0) is 59.2 Å². The van der Waals surface area contributed by atoms with Crippen molar-refractivity contribution in [1.29, 1.82) is 0 Å². The summed E-state index contributed by atoms with van der Waals surface area (Å²) in [6.07, 6.45) is 1.82. The van der Waals surface area contributed by atoms with Crippen LogP contribution in [0.3, 0.4) is 0 Å². The van der Waals surface area contributed by atoms with Gasteiger partial charge in [0.05, 0.1) is 17.0 Å². The van der Waals surface area contributed by atoms with Crippen LogP contribution >= 0.6 is 22.6 Å². The lowest BCUT2D eigenvalue weighted by Gasteiger charge is -2.37. The molecule has 0 aliphatic rings. The molecule has 4 nitrogen and oxygen atoms in total. The molecule has 2 aromatic heterocycles. The molecule has 0 unspecified atom stereocenters. The predicted octanol–water partition coefficient (Wildman–Crippen LogP) is 6.66. The summed E-state index contributed by atoms with van der Waals surface area (Å²) in [7, 11) is 0. The second-order valence-electron chi connectivity index (χ2n) is 8.19. The fraction of sp³-hybridized carbons (Fsp3) is 0.143. The van der Waals surface area contributed by atoms with E-state index < -0.39 is 5.54 Å². The molecule has 0 fully saturated rings. The van der Waals surface area contributed by atoms with E-state index in [9.17, 15) is 0 Å². The number of rotatable bonds is 6. The summed E-state index contributed by atoms with van der Waals surface area (Å²) in [6, 6.07) is 33.7. The number of halogens is 1. The smallest absolute Gasteiger partial charge is 0.225 e. The average Bonchev–Trinajstić information content (AvgIpc) is 3.19. The van der Waals surface area contributed by atoms with Gasteiger partial charge in [-0.3, -0.25) is 0 Å².